The van der Waals surface area contributed by atoms with E-state index in [2.05, 4.69) is 10.3 Å². The molecule has 3 rings (SSSR count). The van der Waals surface area contributed by atoms with Crippen LogP contribution < -0.4 is 5.32 Å². The molecule has 0 aliphatic rings. The zero-order valence-electron chi connectivity index (χ0n) is 14.4. The zero-order valence-corrected chi connectivity index (χ0v) is 16.7. The van der Waals surface area contributed by atoms with Crippen molar-refractivity contribution in [3.8, 4) is 0 Å². The lowest BCUT2D eigenvalue weighted by atomic mass is 10.2. The highest BCUT2D eigenvalue weighted by atomic mass is 35.5. The summed E-state index contributed by atoms with van der Waals surface area (Å²) < 4.78 is 30.9. The summed E-state index contributed by atoms with van der Waals surface area (Å²) in [4.78, 5) is 16.6. The van der Waals surface area contributed by atoms with Crippen LogP contribution in [0.2, 0.25) is 10.0 Å². The van der Waals surface area contributed by atoms with Gasteiger partial charge in [-0.2, -0.15) is 0 Å². The largest absolute Gasteiger partial charge is 0.462 e. The second-order valence-electron chi connectivity index (χ2n) is 5.58. The van der Waals surface area contributed by atoms with Gasteiger partial charge in [0.25, 0.3) is 0 Å². The lowest BCUT2D eigenvalue weighted by molar-refractivity contribution is 0.0528. The number of rotatable bonds is 5. The normalized spacial score (nSPS) is 11.6. The van der Waals surface area contributed by atoms with Gasteiger partial charge in [-0.05, 0) is 31.2 Å². The number of ether oxygens (including phenoxy) is 1. The minimum absolute atomic E-state index is 0.0200. The number of carbonyl (C=O) groups is 1. The van der Waals surface area contributed by atoms with E-state index < -0.39 is 16.0 Å². The number of fused-ring (bicyclic) bond motifs is 1. The number of esters is 1. The number of nitrogens with zero attached hydrogens (tertiary/aromatic N) is 2. The fourth-order valence-corrected chi connectivity index (χ4v) is 3.87. The van der Waals surface area contributed by atoms with E-state index in [9.17, 15) is 13.2 Å². The van der Waals surface area contributed by atoms with Gasteiger partial charge in [-0.15, -0.1) is 0 Å². The first-order chi connectivity index (χ1) is 12.7. The number of hydrogen-bond donors (Lipinski definition) is 1. The van der Waals surface area contributed by atoms with Crippen LogP contribution in [-0.2, 0) is 14.8 Å². The van der Waals surface area contributed by atoms with Crippen LogP contribution in [0.3, 0.4) is 0 Å². The molecule has 0 saturated heterocycles. The average molecular weight is 428 g/mol. The van der Waals surface area contributed by atoms with Crippen LogP contribution in [0.4, 0.5) is 11.6 Å². The minimum atomic E-state index is -3.82. The number of benzene rings is 2. The summed E-state index contributed by atoms with van der Waals surface area (Å²) in [7, 11) is -3.82. The number of hydrogen-bond acceptors (Lipinski definition) is 6. The van der Waals surface area contributed by atoms with Crippen LogP contribution >= 0.6 is 23.2 Å². The van der Waals surface area contributed by atoms with Crippen molar-refractivity contribution >= 4 is 61.9 Å². The molecule has 0 spiro atoms. The lowest BCUT2D eigenvalue weighted by Crippen LogP contribution is -2.15. The molecule has 2 aromatic carbocycles. The zero-order chi connectivity index (χ0) is 19.8. The number of carbonyl (C=O) groups excluding carboxylic acids is 1. The van der Waals surface area contributed by atoms with Gasteiger partial charge in [-0.25, -0.2) is 22.2 Å². The van der Waals surface area contributed by atoms with Gasteiger partial charge in [0.1, 0.15) is 5.52 Å². The smallest absolute Gasteiger partial charge is 0.340 e. The lowest BCUT2D eigenvalue weighted by Gasteiger charge is -2.11. The summed E-state index contributed by atoms with van der Waals surface area (Å²) >= 11 is 12.2. The Hall–Kier alpha value is -2.29. The standard InChI is InChI=1S/C17H15Cl2N3O4S/c1-3-26-16(23)10-6-4-9-13-15(10)22(27(2,24)25)17(21-13)20-12-8-5-7-11(18)14(12)19/h4-9H,3H2,1-2H3,(H,20,21). The van der Waals surface area contributed by atoms with Gasteiger partial charge in [0.05, 0.1) is 39.7 Å². The van der Waals surface area contributed by atoms with E-state index in [-0.39, 0.29) is 28.7 Å². The van der Waals surface area contributed by atoms with Crippen LogP contribution in [0.5, 0.6) is 0 Å². The first kappa shape index (κ1) is 19.5. The summed E-state index contributed by atoms with van der Waals surface area (Å²) in [6, 6.07) is 9.59. The summed E-state index contributed by atoms with van der Waals surface area (Å²) in [6.45, 7) is 1.82. The van der Waals surface area contributed by atoms with Crippen LogP contribution in [-0.4, -0.2) is 36.2 Å². The molecule has 1 aromatic heterocycles. The first-order valence-corrected chi connectivity index (χ1v) is 10.4. The van der Waals surface area contributed by atoms with Gasteiger partial charge >= 0.3 is 5.97 Å². The van der Waals surface area contributed by atoms with Crippen molar-refractivity contribution in [1.29, 1.82) is 0 Å². The molecule has 0 radical (unpaired) electrons. The highest BCUT2D eigenvalue weighted by Crippen LogP contribution is 2.33. The second-order valence-corrected chi connectivity index (χ2v) is 8.20. The Bertz CT molecular complexity index is 1140. The molecule has 1 heterocycles. The van der Waals surface area contributed by atoms with E-state index in [4.69, 9.17) is 27.9 Å². The quantitative estimate of drug-likeness (QED) is 0.617. The van der Waals surface area contributed by atoms with Crippen molar-refractivity contribution in [2.24, 2.45) is 0 Å². The number of aromatic nitrogens is 2. The Kier molecular flexibility index (Phi) is 5.32. The van der Waals surface area contributed by atoms with Crippen molar-refractivity contribution in [2.75, 3.05) is 18.2 Å². The Morgan fingerprint density at radius 1 is 1.22 bits per heavy atom. The van der Waals surface area contributed by atoms with Gasteiger partial charge in [0.15, 0.2) is 0 Å². The third-order valence-corrected chi connectivity index (χ3v) is 5.50. The molecular weight excluding hydrogens is 413 g/mol. The molecule has 0 unspecified atom stereocenters. The van der Waals surface area contributed by atoms with Crippen LogP contribution in [0.1, 0.15) is 17.3 Å². The predicted molar refractivity (Wildman–Crippen MR) is 106 cm³/mol. The molecule has 0 amide bonds. The highest BCUT2D eigenvalue weighted by Gasteiger charge is 2.24. The SMILES string of the molecule is CCOC(=O)c1cccc2nc(Nc3cccc(Cl)c3Cl)n(S(C)(=O)=O)c12. The van der Waals surface area contributed by atoms with E-state index in [1.165, 1.54) is 6.07 Å². The molecule has 7 nitrogen and oxygen atoms in total. The van der Waals surface area contributed by atoms with Crippen molar-refractivity contribution < 1.29 is 17.9 Å². The molecule has 0 fully saturated rings. The molecule has 3 aromatic rings. The molecule has 0 saturated carbocycles. The third-order valence-electron chi connectivity index (χ3n) is 3.66. The minimum Gasteiger partial charge on any atom is -0.462 e. The van der Waals surface area contributed by atoms with Gasteiger partial charge in [-0.1, -0.05) is 35.3 Å². The molecule has 142 valence electrons. The Morgan fingerprint density at radius 2 is 1.93 bits per heavy atom. The van der Waals surface area contributed by atoms with Crippen molar-refractivity contribution in [1.82, 2.24) is 8.96 Å². The molecule has 1 N–H and O–H groups in total. The maximum absolute atomic E-state index is 12.5. The van der Waals surface area contributed by atoms with E-state index in [1.807, 2.05) is 0 Å². The van der Waals surface area contributed by atoms with Gasteiger partial charge in [-0.3, -0.25) is 0 Å². The van der Waals surface area contributed by atoms with E-state index >= 15 is 0 Å². The fraction of sp³-hybridized carbons (Fsp3) is 0.176. The predicted octanol–water partition coefficient (Wildman–Crippen LogP) is 4.07. The van der Waals surface area contributed by atoms with Crippen LogP contribution in [0.15, 0.2) is 36.4 Å². The molecule has 0 aliphatic carbocycles. The summed E-state index contributed by atoms with van der Waals surface area (Å²) in [6.07, 6.45) is 1.01. The fourth-order valence-electron chi connectivity index (χ4n) is 2.60. The van der Waals surface area contributed by atoms with Gasteiger partial charge in [0.2, 0.25) is 16.0 Å². The number of nitrogens with one attached hydrogen (secondary N) is 1. The Morgan fingerprint density at radius 3 is 2.59 bits per heavy atom. The number of anilines is 2. The van der Waals surface area contributed by atoms with Gasteiger partial charge < -0.3 is 10.1 Å². The topological polar surface area (TPSA) is 90.3 Å². The molecule has 0 atom stereocenters. The summed E-state index contributed by atoms with van der Waals surface area (Å²) in [5, 5.41) is 3.40. The maximum atomic E-state index is 12.5. The van der Waals surface area contributed by atoms with E-state index in [1.54, 1.807) is 37.3 Å². The molecule has 27 heavy (non-hydrogen) atoms. The highest BCUT2D eigenvalue weighted by molar-refractivity contribution is 7.89. The Labute approximate surface area is 165 Å². The second kappa shape index (κ2) is 7.38. The summed E-state index contributed by atoms with van der Waals surface area (Å²) in [5.41, 5.74) is 0.908. The molecular formula is C17H15Cl2N3O4S. The van der Waals surface area contributed by atoms with Crippen LogP contribution in [0, 0.1) is 0 Å². The molecule has 10 heteroatoms. The Balaban J connectivity index is 2.26. The van der Waals surface area contributed by atoms with Crippen molar-refractivity contribution in [3.05, 3.63) is 52.0 Å². The van der Waals surface area contributed by atoms with E-state index in [0.717, 1.165) is 10.2 Å². The number of halogens is 2. The van der Waals surface area contributed by atoms with Crippen molar-refractivity contribution in [2.45, 2.75) is 6.92 Å². The molecule has 0 bridgehead atoms. The van der Waals surface area contributed by atoms with Crippen molar-refractivity contribution in [3.63, 3.8) is 0 Å². The number of para-hydroxylation sites is 1. The van der Waals surface area contributed by atoms with Gasteiger partial charge in [0, 0.05) is 0 Å². The van der Waals surface area contributed by atoms with E-state index in [0.29, 0.717) is 16.2 Å². The first-order valence-electron chi connectivity index (χ1n) is 7.84. The summed E-state index contributed by atoms with van der Waals surface area (Å²) in [5.74, 6) is -0.659. The monoisotopic (exact) mass is 427 g/mol. The van der Waals surface area contributed by atoms with Crippen LogP contribution in [0.25, 0.3) is 11.0 Å². The third kappa shape index (κ3) is 3.73. The maximum Gasteiger partial charge on any atom is 0.340 e. The molecule has 0 aliphatic heterocycles. The average Bonchev–Trinajstić information content (AvgIpc) is 2.97. The number of imidazole rings is 1.